The molecule has 0 aromatic heterocycles. The Balaban J connectivity index is -0.000000187. The van der Waals surface area contributed by atoms with Crippen LogP contribution in [0.1, 0.15) is 79.6 Å². The Hall–Kier alpha value is -1.32. The van der Waals surface area contributed by atoms with Crippen molar-refractivity contribution >= 4 is 0 Å². The van der Waals surface area contributed by atoms with Gasteiger partial charge in [-0.1, -0.05) is 34.1 Å². The highest BCUT2D eigenvalue weighted by Gasteiger charge is 1.71. The van der Waals surface area contributed by atoms with Gasteiger partial charge in [0.25, 0.3) is 0 Å². The van der Waals surface area contributed by atoms with Crippen molar-refractivity contribution in [3.8, 4) is 36.0 Å². The van der Waals surface area contributed by atoms with Crippen LogP contribution in [0.15, 0.2) is 0 Å². The molecule has 0 heteroatoms. The van der Waals surface area contributed by atoms with Gasteiger partial charge >= 0.3 is 0 Å². The largest absolute Gasteiger partial charge is 0.120 e. The fraction of sp³-hybridized carbons (Fsp3) is 0.667. The molecule has 0 nitrogen and oxygen atoms in total. The summed E-state index contributed by atoms with van der Waals surface area (Å²) in [5.41, 5.74) is 0. The molecule has 0 heterocycles. The second-order valence-electron chi connectivity index (χ2n) is 3.55. The highest BCUT2D eigenvalue weighted by Crippen LogP contribution is 1.88. The molecule has 0 aromatic rings. The molecule has 0 unspecified atom stereocenters. The zero-order chi connectivity index (χ0) is 14.5. The van der Waals surface area contributed by atoms with E-state index in [0.29, 0.717) is 0 Å². The number of unbranched alkanes of at least 4 members (excludes halogenated alkanes) is 3. The Morgan fingerprint density at radius 1 is 0.778 bits per heavy atom. The number of hydrogen-bond donors (Lipinski definition) is 0. The van der Waals surface area contributed by atoms with Gasteiger partial charge in [-0.05, 0) is 19.8 Å². The van der Waals surface area contributed by atoms with E-state index in [0.717, 1.165) is 25.7 Å². The maximum absolute atomic E-state index is 4.96. The van der Waals surface area contributed by atoms with Crippen molar-refractivity contribution in [2.75, 3.05) is 0 Å². The average Bonchev–Trinajstić information content (AvgIpc) is 2.42. The van der Waals surface area contributed by atoms with E-state index in [2.05, 4.69) is 57.3 Å². The molecule has 0 rings (SSSR count). The van der Waals surface area contributed by atoms with Crippen LogP contribution in [0, 0.1) is 36.0 Å². The Labute approximate surface area is 116 Å². The Morgan fingerprint density at radius 2 is 1.33 bits per heavy atom. The molecule has 0 amide bonds. The molecule has 0 aliphatic heterocycles. The molecule has 0 fully saturated rings. The van der Waals surface area contributed by atoms with Crippen molar-refractivity contribution < 1.29 is 0 Å². The van der Waals surface area contributed by atoms with Crippen LogP contribution in [-0.4, -0.2) is 0 Å². The van der Waals surface area contributed by atoms with E-state index in [1.807, 2.05) is 6.92 Å². The van der Waals surface area contributed by atoms with Crippen LogP contribution in [0.3, 0.4) is 0 Å². The Kier molecular flexibility index (Phi) is 36.1. The van der Waals surface area contributed by atoms with Crippen LogP contribution < -0.4 is 0 Å². The first-order chi connectivity index (χ1) is 8.74. The van der Waals surface area contributed by atoms with E-state index >= 15 is 0 Å². The topological polar surface area (TPSA) is 0 Å². The quantitative estimate of drug-likeness (QED) is 0.460. The van der Waals surface area contributed by atoms with Crippen LogP contribution in [-0.2, 0) is 0 Å². The van der Waals surface area contributed by atoms with E-state index in [9.17, 15) is 0 Å². The van der Waals surface area contributed by atoms with Crippen molar-refractivity contribution in [2.45, 2.75) is 79.6 Å². The smallest absolute Gasteiger partial charge is 0.00859 e. The summed E-state index contributed by atoms with van der Waals surface area (Å²) >= 11 is 0. The lowest BCUT2D eigenvalue weighted by atomic mass is 10.3. The van der Waals surface area contributed by atoms with Crippen molar-refractivity contribution in [1.82, 2.24) is 0 Å². The third kappa shape index (κ3) is 46.6. The summed E-state index contributed by atoms with van der Waals surface area (Å²) in [6, 6.07) is 0. The number of terminal acetylenes is 1. The fourth-order valence-corrected chi connectivity index (χ4v) is 0.779. The van der Waals surface area contributed by atoms with Gasteiger partial charge in [-0.25, -0.2) is 0 Å². The van der Waals surface area contributed by atoms with Crippen LogP contribution in [0.25, 0.3) is 0 Å². The second-order valence-corrected chi connectivity index (χ2v) is 3.55. The lowest BCUT2D eigenvalue weighted by molar-refractivity contribution is 0.828. The zero-order valence-electron chi connectivity index (χ0n) is 13.0. The summed E-state index contributed by atoms with van der Waals surface area (Å²) in [5.74, 6) is 14.2. The Bertz CT molecular complexity index is 261. The van der Waals surface area contributed by atoms with Gasteiger partial charge in [0, 0.05) is 25.7 Å². The lowest BCUT2D eigenvalue weighted by Crippen LogP contribution is -1.62. The average molecular weight is 246 g/mol. The minimum Gasteiger partial charge on any atom is -0.120 e. The molecule has 0 aliphatic rings. The van der Waals surface area contributed by atoms with Gasteiger partial charge in [-0.15, -0.1) is 36.0 Å². The summed E-state index contributed by atoms with van der Waals surface area (Å²) in [6.07, 6.45) is 12.5. The maximum atomic E-state index is 4.96. The highest BCUT2D eigenvalue weighted by atomic mass is 13.8. The predicted octanol–water partition coefficient (Wildman–Crippen LogP) is 5.43. The van der Waals surface area contributed by atoms with Gasteiger partial charge in [0.1, 0.15) is 0 Å². The molecule has 0 bridgehead atoms. The Morgan fingerprint density at radius 3 is 1.50 bits per heavy atom. The zero-order valence-corrected chi connectivity index (χ0v) is 13.0. The molecule has 18 heavy (non-hydrogen) atoms. The molecule has 0 radical (unpaired) electrons. The first kappa shape index (κ1) is 21.9. The summed E-state index contributed by atoms with van der Waals surface area (Å²) in [5, 5.41) is 0. The van der Waals surface area contributed by atoms with Gasteiger partial charge in [0.15, 0.2) is 0 Å². The molecule has 0 N–H and O–H groups in total. The lowest BCUT2D eigenvalue weighted by Gasteiger charge is -1.79. The second kappa shape index (κ2) is 29.6. The van der Waals surface area contributed by atoms with Gasteiger partial charge in [-0.3, -0.25) is 0 Å². The minimum atomic E-state index is 0.941. The van der Waals surface area contributed by atoms with Crippen molar-refractivity contribution in [3.05, 3.63) is 0 Å². The molecule has 0 aromatic carbocycles. The molecule has 0 atom stereocenters. The van der Waals surface area contributed by atoms with Crippen LogP contribution in [0.2, 0.25) is 0 Å². The third-order valence-electron chi connectivity index (χ3n) is 1.70. The van der Waals surface area contributed by atoms with Gasteiger partial charge in [0.2, 0.25) is 0 Å². The molecule has 0 spiro atoms. The highest BCUT2D eigenvalue weighted by molar-refractivity contribution is 4.96. The molecule has 0 saturated carbocycles. The van der Waals surface area contributed by atoms with E-state index in [1.165, 1.54) is 19.3 Å². The molecule has 0 saturated heterocycles. The number of rotatable bonds is 3. The van der Waals surface area contributed by atoms with Gasteiger partial charge in [-0.2, -0.15) is 0 Å². The van der Waals surface area contributed by atoms with Crippen LogP contribution in [0.4, 0.5) is 0 Å². The van der Waals surface area contributed by atoms with Gasteiger partial charge in [0.05, 0.1) is 0 Å². The monoisotopic (exact) mass is 246 g/mol. The molecular weight excluding hydrogens is 216 g/mol. The van der Waals surface area contributed by atoms with Crippen molar-refractivity contribution in [1.29, 1.82) is 0 Å². The van der Waals surface area contributed by atoms with Crippen molar-refractivity contribution in [2.24, 2.45) is 0 Å². The van der Waals surface area contributed by atoms with Crippen LogP contribution >= 0.6 is 0 Å². The van der Waals surface area contributed by atoms with E-state index in [-0.39, 0.29) is 0 Å². The van der Waals surface area contributed by atoms with Crippen molar-refractivity contribution in [3.63, 3.8) is 0 Å². The summed E-state index contributed by atoms with van der Waals surface area (Å²) in [7, 11) is 0. The third-order valence-corrected chi connectivity index (χ3v) is 1.70. The summed E-state index contributed by atoms with van der Waals surface area (Å²) in [6.45, 7) is 10.3. The maximum Gasteiger partial charge on any atom is 0.00859 e. The summed E-state index contributed by atoms with van der Waals surface area (Å²) < 4.78 is 0. The first-order valence-corrected chi connectivity index (χ1v) is 7.03. The fourth-order valence-electron chi connectivity index (χ4n) is 0.779. The van der Waals surface area contributed by atoms with E-state index in [4.69, 9.17) is 6.42 Å². The SMILES string of the molecule is C#CCCCC.CC#CCCC.CCC#CCC. The van der Waals surface area contributed by atoms with E-state index < -0.39 is 0 Å². The molecule has 102 valence electrons. The normalized spacial score (nSPS) is 6.67. The molecule has 0 aliphatic carbocycles. The minimum absolute atomic E-state index is 0.941. The predicted molar refractivity (Wildman–Crippen MR) is 85.1 cm³/mol. The standard InChI is InChI=1S/3C6H10/c3*1-3-5-6-4-2/h3,5H2,1-2H3;3-4H2,1-2H3;1H,4-6H2,2H3. The van der Waals surface area contributed by atoms with Gasteiger partial charge < -0.3 is 0 Å². The van der Waals surface area contributed by atoms with E-state index in [1.54, 1.807) is 0 Å². The van der Waals surface area contributed by atoms with Crippen LogP contribution in [0.5, 0.6) is 0 Å². The first-order valence-electron chi connectivity index (χ1n) is 7.03. The number of hydrogen-bond acceptors (Lipinski definition) is 0. The molecular formula is C18H30. The summed E-state index contributed by atoms with van der Waals surface area (Å²) in [4.78, 5) is 0.